The molecule has 27 heavy (non-hydrogen) atoms. The highest BCUT2D eigenvalue weighted by atomic mass is 16.5. The normalized spacial score (nSPS) is 22.1. The van der Waals surface area contributed by atoms with Crippen LogP contribution in [0.3, 0.4) is 0 Å². The van der Waals surface area contributed by atoms with Gasteiger partial charge in [-0.05, 0) is 32.4 Å². The predicted octanol–water partition coefficient (Wildman–Crippen LogP) is 3.09. The summed E-state index contributed by atoms with van der Waals surface area (Å²) in [4.78, 5) is 13.9. The van der Waals surface area contributed by atoms with Gasteiger partial charge in [0, 0.05) is 38.2 Å². The Morgan fingerprint density at radius 2 is 2.04 bits per heavy atom. The molecule has 6 heteroatoms. The Balaban J connectivity index is 1.55. The van der Waals surface area contributed by atoms with Crippen molar-refractivity contribution in [2.45, 2.75) is 31.7 Å². The van der Waals surface area contributed by atoms with E-state index in [0.717, 1.165) is 62.2 Å². The van der Waals surface area contributed by atoms with Crippen LogP contribution in [0.4, 0.5) is 11.5 Å². The molecule has 0 aliphatic carbocycles. The average Bonchev–Trinajstić information content (AvgIpc) is 3.22. The molecule has 4 rings (SSSR count). The van der Waals surface area contributed by atoms with E-state index in [1.807, 2.05) is 12.1 Å². The summed E-state index contributed by atoms with van der Waals surface area (Å²) in [6.45, 7) is 8.87. The van der Waals surface area contributed by atoms with Crippen molar-refractivity contribution in [1.82, 2.24) is 9.97 Å². The summed E-state index contributed by atoms with van der Waals surface area (Å²) in [5.41, 5.74) is 2.20. The molecule has 0 spiro atoms. The van der Waals surface area contributed by atoms with Gasteiger partial charge < -0.3 is 19.3 Å². The number of benzene rings is 1. The van der Waals surface area contributed by atoms with E-state index in [9.17, 15) is 0 Å². The second-order valence-electron chi connectivity index (χ2n) is 7.92. The number of para-hydroxylation sites is 2. The zero-order chi connectivity index (χ0) is 18.9. The molecule has 0 unspecified atom stereocenters. The maximum atomic E-state index is 5.59. The molecule has 3 heterocycles. The van der Waals surface area contributed by atoms with E-state index < -0.39 is 0 Å². The number of methoxy groups -OCH3 is 1. The number of hydrogen-bond donors (Lipinski definition) is 0. The second-order valence-corrected chi connectivity index (χ2v) is 7.92. The van der Waals surface area contributed by atoms with Crippen molar-refractivity contribution in [3.05, 3.63) is 42.4 Å². The van der Waals surface area contributed by atoms with Gasteiger partial charge in [-0.2, -0.15) is 0 Å². The Morgan fingerprint density at radius 1 is 1.19 bits per heavy atom. The third-order valence-electron chi connectivity index (χ3n) is 5.62. The minimum absolute atomic E-state index is 0.0472. The lowest BCUT2D eigenvalue weighted by Crippen LogP contribution is -2.60. The molecule has 1 aromatic carbocycles. The van der Waals surface area contributed by atoms with Gasteiger partial charge in [-0.1, -0.05) is 12.1 Å². The van der Waals surface area contributed by atoms with Crippen LogP contribution in [0.15, 0.2) is 36.7 Å². The molecule has 0 radical (unpaired) electrons. The molecule has 1 atom stereocenters. The first-order valence-electron chi connectivity index (χ1n) is 9.64. The Bertz CT molecular complexity index is 789. The number of piperazine rings is 1. The molecular weight excluding hydrogens is 340 g/mol. The van der Waals surface area contributed by atoms with E-state index in [-0.39, 0.29) is 5.54 Å². The molecule has 1 aromatic heterocycles. The molecule has 2 aromatic rings. The van der Waals surface area contributed by atoms with Gasteiger partial charge in [0.25, 0.3) is 0 Å². The van der Waals surface area contributed by atoms with Crippen molar-refractivity contribution in [3.8, 4) is 5.75 Å². The molecule has 6 nitrogen and oxygen atoms in total. The van der Waals surface area contributed by atoms with Crippen LogP contribution in [0.2, 0.25) is 0 Å². The van der Waals surface area contributed by atoms with Crippen LogP contribution in [-0.2, 0) is 4.74 Å². The van der Waals surface area contributed by atoms with Gasteiger partial charge in [0.2, 0.25) is 0 Å². The maximum Gasteiger partial charge on any atom is 0.142 e. The zero-order valence-electron chi connectivity index (χ0n) is 16.4. The minimum atomic E-state index is -0.0472. The smallest absolute Gasteiger partial charge is 0.142 e. The maximum absolute atomic E-state index is 5.59. The molecule has 0 saturated carbocycles. The molecule has 2 aliphatic heterocycles. The van der Waals surface area contributed by atoms with E-state index >= 15 is 0 Å². The van der Waals surface area contributed by atoms with E-state index in [0.29, 0.717) is 5.92 Å². The summed E-state index contributed by atoms with van der Waals surface area (Å²) < 4.78 is 11.1. The topological polar surface area (TPSA) is 50.7 Å². The molecule has 2 saturated heterocycles. The molecule has 0 bridgehead atoms. The lowest BCUT2D eigenvalue weighted by atomic mass is 9.97. The fraction of sp³-hybridized carbons (Fsp3) is 0.524. The summed E-state index contributed by atoms with van der Waals surface area (Å²) in [5, 5.41) is 0. The summed E-state index contributed by atoms with van der Waals surface area (Å²) in [6, 6.07) is 10.4. The number of anilines is 2. The average molecular weight is 368 g/mol. The third-order valence-corrected chi connectivity index (χ3v) is 5.62. The Hall–Kier alpha value is -2.34. The van der Waals surface area contributed by atoms with Crippen LogP contribution >= 0.6 is 0 Å². The highest BCUT2D eigenvalue weighted by Gasteiger charge is 2.35. The number of hydrogen-bond acceptors (Lipinski definition) is 6. The van der Waals surface area contributed by atoms with Gasteiger partial charge in [-0.25, -0.2) is 9.97 Å². The number of nitrogens with zero attached hydrogens (tertiary/aromatic N) is 4. The van der Waals surface area contributed by atoms with Gasteiger partial charge in [0.1, 0.15) is 17.9 Å². The van der Waals surface area contributed by atoms with Crippen molar-refractivity contribution in [1.29, 1.82) is 0 Å². The zero-order valence-corrected chi connectivity index (χ0v) is 16.4. The van der Waals surface area contributed by atoms with Crippen LogP contribution in [0.1, 0.15) is 31.9 Å². The number of aromatic nitrogens is 2. The van der Waals surface area contributed by atoms with Gasteiger partial charge in [0.15, 0.2) is 0 Å². The molecule has 0 N–H and O–H groups in total. The first-order valence-corrected chi connectivity index (χ1v) is 9.64. The lowest BCUT2D eigenvalue weighted by Gasteiger charge is -2.49. The van der Waals surface area contributed by atoms with E-state index in [1.165, 1.54) is 0 Å². The molecule has 2 aliphatic rings. The van der Waals surface area contributed by atoms with Crippen LogP contribution in [-0.4, -0.2) is 55.5 Å². The van der Waals surface area contributed by atoms with Crippen molar-refractivity contribution in [2.24, 2.45) is 0 Å². The van der Waals surface area contributed by atoms with Crippen LogP contribution in [0, 0.1) is 0 Å². The van der Waals surface area contributed by atoms with Crippen molar-refractivity contribution < 1.29 is 9.47 Å². The first kappa shape index (κ1) is 18.0. The Labute approximate surface area is 161 Å². The van der Waals surface area contributed by atoms with Crippen molar-refractivity contribution >= 4 is 11.5 Å². The Morgan fingerprint density at radius 3 is 2.78 bits per heavy atom. The summed E-state index contributed by atoms with van der Waals surface area (Å²) in [6.07, 6.45) is 2.74. The lowest BCUT2D eigenvalue weighted by molar-refractivity contribution is 0.193. The van der Waals surface area contributed by atoms with E-state index in [1.54, 1.807) is 13.4 Å². The van der Waals surface area contributed by atoms with Crippen molar-refractivity contribution in [3.63, 3.8) is 0 Å². The number of rotatable bonds is 4. The van der Waals surface area contributed by atoms with Gasteiger partial charge in [-0.15, -0.1) is 0 Å². The molecule has 2 fully saturated rings. The quantitative estimate of drug-likeness (QED) is 0.827. The predicted molar refractivity (Wildman–Crippen MR) is 107 cm³/mol. The fourth-order valence-corrected chi connectivity index (χ4v) is 4.18. The SMILES string of the molecule is COc1ccccc1N1CCN(c2cc([C@@H]3CCOC3)ncn2)CC1(C)C. The second kappa shape index (κ2) is 7.35. The standard InChI is InChI=1S/C21H28N4O2/c1-21(2)14-24(9-10-25(21)18-6-4-5-7-19(18)26-3)20-12-17(22-15-23-20)16-8-11-27-13-16/h4-7,12,15-16H,8-11,13-14H2,1-3H3/t16-/m1/s1. The van der Waals surface area contributed by atoms with E-state index in [4.69, 9.17) is 9.47 Å². The molecule has 0 amide bonds. The third kappa shape index (κ3) is 3.58. The van der Waals surface area contributed by atoms with Gasteiger partial charge in [-0.3, -0.25) is 0 Å². The monoisotopic (exact) mass is 368 g/mol. The highest BCUT2D eigenvalue weighted by molar-refractivity contribution is 5.61. The fourth-order valence-electron chi connectivity index (χ4n) is 4.18. The summed E-state index contributed by atoms with van der Waals surface area (Å²) in [5.74, 6) is 2.33. The van der Waals surface area contributed by atoms with Gasteiger partial charge >= 0.3 is 0 Å². The van der Waals surface area contributed by atoms with Crippen molar-refractivity contribution in [2.75, 3.05) is 49.8 Å². The minimum Gasteiger partial charge on any atom is -0.495 e. The Kier molecular flexibility index (Phi) is 4.91. The first-order chi connectivity index (χ1) is 13.1. The van der Waals surface area contributed by atoms with Gasteiger partial charge in [0.05, 0.1) is 30.6 Å². The van der Waals surface area contributed by atoms with Crippen LogP contribution in [0.5, 0.6) is 5.75 Å². The summed E-state index contributed by atoms with van der Waals surface area (Å²) >= 11 is 0. The number of ether oxygens (including phenoxy) is 2. The van der Waals surface area contributed by atoms with E-state index in [2.05, 4.69) is 51.8 Å². The van der Waals surface area contributed by atoms with Crippen LogP contribution in [0.25, 0.3) is 0 Å². The molecule has 144 valence electrons. The largest absolute Gasteiger partial charge is 0.495 e. The summed E-state index contributed by atoms with van der Waals surface area (Å²) in [7, 11) is 1.73. The molecular formula is C21H28N4O2. The highest BCUT2D eigenvalue weighted by Crippen LogP contribution is 2.36. The van der Waals surface area contributed by atoms with Crippen LogP contribution < -0.4 is 14.5 Å².